The normalized spacial score (nSPS) is 16.3. The molecular weight excluding hydrogens is 340 g/mol. The maximum atomic E-state index is 12.0. The van der Waals surface area contributed by atoms with Crippen molar-refractivity contribution in [2.24, 2.45) is 0 Å². The largest absolute Gasteiger partial charge is 0.432 e. The molecule has 0 aliphatic heterocycles. The van der Waals surface area contributed by atoms with Gasteiger partial charge in [0.1, 0.15) is 0 Å². The molecule has 0 aromatic rings. The molecule has 140 valence electrons. The zero-order valence-corrected chi connectivity index (χ0v) is 13.2. The first-order chi connectivity index (χ1) is 11.6. The molecule has 0 bridgehead atoms. The van der Waals surface area contributed by atoms with Crippen LogP contribution in [0.3, 0.4) is 0 Å². The Morgan fingerprint density at radius 1 is 0.800 bits per heavy atom. The summed E-state index contributed by atoms with van der Waals surface area (Å²) in [6.45, 7) is 9.44. The summed E-state index contributed by atoms with van der Waals surface area (Å²) in [6, 6.07) is 0. The van der Waals surface area contributed by atoms with Gasteiger partial charge in [-0.1, -0.05) is 19.7 Å². The summed E-state index contributed by atoms with van der Waals surface area (Å²) in [4.78, 5) is 35.3. The molecule has 25 heavy (non-hydrogen) atoms. The highest BCUT2D eigenvalue weighted by Crippen LogP contribution is 2.21. The lowest BCUT2D eigenvalue weighted by atomic mass is 9.95. The number of ether oxygens (including phenoxy) is 3. The molecule has 0 saturated heterocycles. The highest BCUT2D eigenvalue weighted by Gasteiger charge is 2.44. The molecule has 0 heterocycles. The van der Waals surface area contributed by atoms with Crippen molar-refractivity contribution in [1.29, 1.82) is 0 Å². The van der Waals surface area contributed by atoms with E-state index >= 15 is 0 Å². The van der Waals surface area contributed by atoms with Crippen molar-refractivity contribution in [2.75, 3.05) is 0 Å². The molecule has 0 spiro atoms. The molecular formula is C15H20O10. The van der Waals surface area contributed by atoms with Gasteiger partial charge in [0.2, 0.25) is 18.9 Å². The van der Waals surface area contributed by atoms with Gasteiger partial charge >= 0.3 is 17.9 Å². The van der Waals surface area contributed by atoms with Crippen LogP contribution in [0.1, 0.15) is 12.8 Å². The minimum atomic E-state index is -2.81. The summed E-state index contributed by atoms with van der Waals surface area (Å²) in [5, 5.41) is 37.8. The van der Waals surface area contributed by atoms with Crippen LogP contribution >= 0.6 is 0 Å². The lowest BCUT2D eigenvalue weighted by Gasteiger charge is -2.25. The van der Waals surface area contributed by atoms with E-state index in [0.717, 1.165) is 18.2 Å². The molecule has 0 aromatic heterocycles. The number of esters is 3. The van der Waals surface area contributed by atoms with Crippen molar-refractivity contribution < 1.29 is 49.0 Å². The Bertz CT molecular complexity index is 496. The molecule has 3 unspecified atom stereocenters. The van der Waals surface area contributed by atoms with Crippen molar-refractivity contribution in [1.82, 2.24) is 0 Å². The van der Waals surface area contributed by atoms with Crippen molar-refractivity contribution in [3.63, 3.8) is 0 Å². The Labute approximate surface area is 143 Å². The van der Waals surface area contributed by atoms with Crippen LogP contribution in [0.5, 0.6) is 0 Å². The zero-order valence-electron chi connectivity index (χ0n) is 13.2. The molecule has 4 N–H and O–H groups in total. The zero-order chi connectivity index (χ0) is 19.6. The maximum Gasteiger partial charge on any atom is 0.341 e. The van der Waals surface area contributed by atoms with Crippen molar-refractivity contribution in [3.05, 3.63) is 38.0 Å². The average molecular weight is 360 g/mol. The Hall–Kier alpha value is -2.53. The standard InChI is InChI=1S/C15H20O10/c1-4-9(16)23-12(19)7-15(22,14(21)25-11(18)6-3)8-13(20)24-10(17)5-2/h4-6,9-11,16-18,22H,1-3,7-8H2. The Balaban J connectivity index is 5.26. The van der Waals surface area contributed by atoms with E-state index in [1.807, 2.05) is 0 Å². The second kappa shape index (κ2) is 10.4. The lowest BCUT2D eigenvalue weighted by molar-refractivity contribution is -0.195. The van der Waals surface area contributed by atoms with Gasteiger partial charge in [0.25, 0.3) is 0 Å². The van der Waals surface area contributed by atoms with E-state index in [4.69, 9.17) is 10.2 Å². The molecule has 0 aliphatic rings. The number of carbonyl (C=O) groups is 3. The van der Waals surface area contributed by atoms with E-state index in [9.17, 15) is 24.6 Å². The third-order valence-electron chi connectivity index (χ3n) is 2.59. The molecule has 0 aliphatic carbocycles. The number of rotatable bonds is 11. The summed E-state index contributed by atoms with van der Waals surface area (Å²) in [5.74, 6) is -4.12. The molecule has 0 aromatic carbocycles. The van der Waals surface area contributed by atoms with Gasteiger partial charge in [0.15, 0.2) is 5.60 Å². The van der Waals surface area contributed by atoms with Crippen LogP contribution in [-0.4, -0.2) is 62.8 Å². The van der Waals surface area contributed by atoms with Crippen LogP contribution in [0.25, 0.3) is 0 Å². The third-order valence-corrected chi connectivity index (χ3v) is 2.59. The van der Waals surface area contributed by atoms with Crippen LogP contribution in [0.2, 0.25) is 0 Å². The van der Waals surface area contributed by atoms with Gasteiger partial charge in [-0.2, -0.15) is 0 Å². The number of aliphatic hydroxyl groups is 4. The molecule has 0 rings (SSSR count). The van der Waals surface area contributed by atoms with Gasteiger partial charge in [-0.3, -0.25) is 9.59 Å². The fourth-order valence-corrected chi connectivity index (χ4v) is 1.40. The fraction of sp³-hybridized carbons (Fsp3) is 0.400. The van der Waals surface area contributed by atoms with E-state index in [1.165, 1.54) is 0 Å². The number of hydrogen-bond donors (Lipinski definition) is 4. The van der Waals surface area contributed by atoms with Crippen LogP contribution in [0.15, 0.2) is 38.0 Å². The molecule has 10 heteroatoms. The molecule has 10 nitrogen and oxygen atoms in total. The lowest BCUT2D eigenvalue weighted by Crippen LogP contribution is -2.46. The summed E-state index contributed by atoms with van der Waals surface area (Å²) in [5.41, 5.74) is -2.81. The van der Waals surface area contributed by atoms with Crippen LogP contribution in [0, 0.1) is 0 Å². The Morgan fingerprint density at radius 2 is 1.12 bits per heavy atom. The fourth-order valence-electron chi connectivity index (χ4n) is 1.40. The molecule has 0 radical (unpaired) electrons. The quantitative estimate of drug-likeness (QED) is 0.150. The van der Waals surface area contributed by atoms with Gasteiger partial charge < -0.3 is 34.6 Å². The molecule has 0 fully saturated rings. The minimum absolute atomic E-state index is 0.803. The first-order valence-corrected chi connectivity index (χ1v) is 6.82. The van der Waals surface area contributed by atoms with Crippen LogP contribution < -0.4 is 0 Å². The smallest absolute Gasteiger partial charge is 0.341 e. The van der Waals surface area contributed by atoms with Crippen LogP contribution in [-0.2, 0) is 28.6 Å². The molecule has 0 saturated carbocycles. The summed E-state index contributed by atoms with van der Waals surface area (Å²) in [7, 11) is 0. The second-order valence-corrected chi connectivity index (χ2v) is 4.65. The van der Waals surface area contributed by atoms with E-state index in [0.29, 0.717) is 0 Å². The second-order valence-electron chi connectivity index (χ2n) is 4.65. The Kier molecular flexibility index (Phi) is 9.31. The van der Waals surface area contributed by atoms with E-state index in [2.05, 4.69) is 33.9 Å². The highest BCUT2D eigenvalue weighted by atomic mass is 16.7. The molecule has 3 atom stereocenters. The van der Waals surface area contributed by atoms with E-state index in [1.54, 1.807) is 0 Å². The first kappa shape index (κ1) is 22.5. The minimum Gasteiger partial charge on any atom is -0.432 e. The van der Waals surface area contributed by atoms with Crippen molar-refractivity contribution >= 4 is 17.9 Å². The van der Waals surface area contributed by atoms with Gasteiger partial charge in [0.05, 0.1) is 12.8 Å². The Morgan fingerprint density at radius 3 is 1.44 bits per heavy atom. The van der Waals surface area contributed by atoms with Crippen molar-refractivity contribution in [2.45, 2.75) is 37.3 Å². The van der Waals surface area contributed by atoms with E-state index < -0.39 is 55.2 Å². The third kappa shape index (κ3) is 8.22. The number of aliphatic hydroxyl groups excluding tert-OH is 3. The molecule has 0 amide bonds. The predicted molar refractivity (Wildman–Crippen MR) is 81.1 cm³/mol. The predicted octanol–water partition coefficient (Wildman–Crippen LogP) is -1.36. The SMILES string of the molecule is C=CC(O)OC(=O)CC(O)(CC(=O)OC(O)C=C)C(=O)OC(O)C=C. The first-order valence-electron chi connectivity index (χ1n) is 6.82. The monoisotopic (exact) mass is 360 g/mol. The number of carbonyl (C=O) groups excluding carboxylic acids is 3. The van der Waals surface area contributed by atoms with Crippen molar-refractivity contribution in [3.8, 4) is 0 Å². The van der Waals surface area contributed by atoms with Crippen LogP contribution in [0.4, 0.5) is 0 Å². The van der Waals surface area contributed by atoms with Gasteiger partial charge in [-0.05, 0) is 18.2 Å². The summed E-state index contributed by atoms with van der Waals surface area (Å²) in [6.07, 6.45) is -4.97. The maximum absolute atomic E-state index is 12.0. The average Bonchev–Trinajstić information content (AvgIpc) is 2.53. The van der Waals surface area contributed by atoms with Gasteiger partial charge in [-0.15, -0.1) is 0 Å². The topological polar surface area (TPSA) is 160 Å². The van der Waals surface area contributed by atoms with Gasteiger partial charge in [0, 0.05) is 0 Å². The highest BCUT2D eigenvalue weighted by molar-refractivity contribution is 5.90. The number of hydrogen-bond acceptors (Lipinski definition) is 10. The summed E-state index contributed by atoms with van der Waals surface area (Å²) >= 11 is 0. The van der Waals surface area contributed by atoms with Gasteiger partial charge in [-0.25, -0.2) is 4.79 Å². The summed E-state index contributed by atoms with van der Waals surface area (Å²) < 4.78 is 13.2. The van der Waals surface area contributed by atoms with E-state index in [-0.39, 0.29) is 0 Å².